The molecule has 0 aliphatic heterocycles. The van der Waals surface area contributed by atoms with Gasteiger partial charge in [-0.1, -0.05) is 6.07 Å². The van der Waals surface area contributed by atoms with Gasteiger partial charge in [0.25, 0.3) is 10.0 Å². The Bertz CT molecular complexity index is 1170. The second-order valence-electron chi connectivity index (χ2n) is 8.65. The number of isocyanates is 1. The molecule has 172 valence electrons. The minimum atomic E-state index is -3.91. The maximum atomic E-state index is 12.0. The molecule has 1 atom stereocenters. The number of benzene rings is 1. The van der Waals surface area contributed by atoms with Crippen molar-refractivity contribution in [3.8, 4) is 0 Å². The van der Waals surface area contributed by atoms with Gasteiger partial charge in [0.15, 0.2) is 5.03 Å². The number of sulfonamides is 1. The van der Waals surface area contributed by atoms with Gasteiger partial charge in [-0.3, -0.25) is 9.58 Å². The zero-order chi connectivity index (χ0) is 22.9. The minimum absolute atomic E-state index is 0.119. The molecule has 1 heterocycles. The van der Waals surface area contributed by atoms with Crippen molar-refractivity contribution in [1.29, 1.82) is 0 Å². The summed E-state index contributed by atoms with van der Waals surface area (Å²) in [6.07, 6.45) is 6.47. The molecule has 2 aliphatic carbocycles. The summed E-state index contributed by atoms with van der Waals surface area (Å²) in [7, 11) is -0.310. The Morgan fingerprint density at radius 2 is 2.12 bits per heavy atom. The van der Waals surface area contributed by atoms with Gasteiger partial charge in [-0.25, -0.2) is 18.4 Å². The van der Waals surface area contributed by atoms with Gasteiger partial charge in [0, 0.05) is 38.7 Å². The fourth-order valence-corrected chi connectivity index (χ4v) is 5.44. The van der Waals surface area contributed by atoms with E-state index in [2.05, 4.69) is 21.1 Å². The lowest BCUT2D eigenvalue weighted by molar-refractivity contribution is 0.157. The van der Waals surface area contributed by atoms with E-state index in [1.807, 2.05) is 7.05 Å². The van der Waals surface area contributed by atoms with E-state index >= 15 is 0 Å². The van der Waals surface area contributed by atoms with E-state index in [-0.39, 0.29) is 10.9 Å². The second-order valence-corrected chi connectivity index (χ2v) is 10.2. The molecule has 0 spiro atoms. The third kappa shape index (κ3) is 4.55. The molecule has 0 saturated heterocycles. The van der Waals surface area contributed by atoms with E-state index in [0.29, 0.717) is 26.2 Å². The maximum absolute atomic E-state index is 12.0. The third-order valence-corrected chi connectivity index (χ3v) is 7.27. The Hall–Kier alpha value is -2.36. The number of hydrogen-bond donors (Lipinski definition) is 1. The highest BCUT2D eigenvalue weighted by Gasteiger charge is 2.31. The average Bonchev–Trinajstić information content (AvgIpc) is 3.46. The van der Waals surface area contributed by atoms with Gasteiger partial charge in [-0.15, -0.1) is 0 Å². The maximum Gasteiger partial charge on any atom is 0.257 e. The number of ether oxygens (including phenoxy) is 1. The second kappa shape index (κ2) is 9.25. The number of likely N-dealkylation sites (N-methyl/N-ethyl adjacent to an activating group) is 1. The van der Waals surface area contributed by atoms with Gasteiger partial charge in [0.1, 0.15) is 0 Å². The van der Waals surface area contributed by atoms with E-state index in [9.17, 15) is 13.2 Å². The van der Waals surface area contributed by atoms with Crippen molar-refractivity contribution in [3.63, 3.8) is 0 Å². The van der Waals surface area contributed by atoms with Crippen molar-refractivity contribution in [1.82, 2.24) is 14.7 Å². The van der Waals surface area contributed by atoms with Crippen LogP contribution in [0.25, 0.3) is 0 Å². The Morgan fingerprint density at radius 3 is 2.84 bits per heavy atom. The zero-order valence-electron chi connectivity index (χ0n) is 18.5. The third-order valence-electron chi connectivity index (χ3n) is 6.49. The summed E-state index contributed by atoms with van der Waals surface area (Å²) >= 11 is 0. The molecule has 0 bridgehead atoms. The Labute approximate surface area is 188 Å². The first kappa shape index (κ1) is 22.8. The van der Waals surface area contributed by atoms with Crippen molar-refractivity contribution in [2.75, 3.05) is 27.3 Å². The number of primary sulfonamides is 1. The molecule has 2 N–H and O–H groups in total. The molecule has 4 rings (SSSR count). The number of hydrogen-bond acceptors (Lipinski definition) is 7. The molecule has 2 aromatic rings. The fraction of sp³-hybridized carbons (Fsp3) is 0.545. The van der Waals surface area contributed by atoms with Crippen molar-refractivity contribution in [3.05, 3.63) is 40.1 Å². The van der Waals surface area contributed by atoms with Gasteiger partial charge in [-0.2, -0.15) is 10.1 Å². The number of rotatable bonds is 9. The number of nitrogens with two attached hydrogens (primary N) is 1. The number of carbonyl (C=O) groups excluding carboxylic acids is 1. The number of aliphatic imine (C=N–C) groups is 1. The van der Waals surface area contributed by atoms with Crippen molar-refractivity contribution < 1.29 is 17.9 Å². The van der Waals surface area contributed by atoms with Crippen molar-refractivity contribution >= 4 is 21.8 Å². The number of nitrogens with zero attached hydrogens (tertiary/aromatic N) is 4. The molecule has 10 heteroatoms. The van der Waals surface area contributed by atoms with Crippen LogP contribution in [0.2, 0.25) is 0 Å². The van der Waals surface area contributed by atoms with Crippen LogP contribution in [0, 0.1) is 0 Å². The highest BCUT2D eigenvalue weighted by molar-refractivity contribution is 7.89. The minimum Gasteiger partial charge on any atom is -0.383 e. The molecule has 0 radical (unpaired) electrons. The Morgan fingerprint density at radius 1 is 1.31 bits per heavy atom. The van der Waals surface area contributed by atoms with E-state index in [1.165, 1.54) is 16.7 Å². The SMILES string of the molecule is COCCN(C)Cc1cc(S(N)(=O)=O)nn1CC1CCc2c1cc1c(c2N=C=O)CCC1. The normalized spacial score (nSPS) is 17.4. The number of aromatic nitrogens is 2. The first-order chi connectivity index (χ1) is 15.3. The summed E-state index contributed by atoms with van der Waals surface area (Å²) in [6.45, 7) is 2.35. The summed E-state index contributed by atoms with van der Waals surface area (Å²) in [4.78, 5) is 17.2. The molecule has 32 heavy (non-hydrogen) atoms. The summed E-state index contributed by atoms with van der Waals surface area (Å²) in [5.74, 6) is 0.160. The fourth-order valence-electron chi connectivity index (χ4n) is 4.93. The van der Waals surface area contributed by atoms with Gasteiger partial charge in [0.05, 0.1) is 18.0 Å². The Kier molecular flexibility index (Phi) is 6.60. The van der Waals surface area contributed by atoms with Gasteiger partial charge in [-0.05, 0) is 61.4 Å². The summed E-state index contributed by atoms with van der Waals surface area (Å²) in [5.41, 5.74) is 6.34. The molecule has 2 aliphatic rings. The molecule has 9 nitrogen and oxygen atoms in total. The van der Waals surface area contributed by atoms with Gasteiger partial charge >= 0.3 is 0 Å². The van der Waals surface area contributed by atoms with Crippen LogP contribution in [0.1, 0.15) is 46.7 Å². The van der Waals surface area contributed by atoms with Crippen LogP contribution in [0.5, 0.6) is 0 Å². The summed E-state index contributed by atoms with van der Waals surface area (Å²) in [6, 6.07) is 3.81. The van der Waals surface area contributed by atoms with E-state index in [4.69, 9.17) is 9.88 Å². The molecule has 1 aromatic carbocycles. The van der Waals surface area contributed by atoms with Crippen molar-refractivity contribution in [2.45, 2.75) is 56.1 Å². The first-order valence-electron chi connectivity index (χ1n) is 10.8. The highest BCUT2D eigenvalue weighted by Crippen LogP contribution is 2.45. The predicted molar refractivity (Wildman–Crippen MR) is 119 cm³/mol. The molecule has 1 aromatic heterocycles. The van der Waals surface area contributed by atoms with Gasteiger partial charge < -0.3 is 4.74 Å². The molecular weight excluding hydrogens is 430 g/mol. The first-order valence-corrected chi connectivity index (χ1v) is 12.4. The van der Waals surface area contributed by atoms with Crippen LogP contribution in [-0.4, -0.2) is 56.5 Å². The van der Waals surface area contributed by atoms with Crippen LogP contribution in [-0.2, 0) is 51.9 Å². The van der Waals surface area contributed by atoms with Crippen LogP contribution >= 0.6 is 0 Å². The number of fused-ring (bicyclic) bond motifs is 2. The van der Waals surface area contributed by atoms with Crippen LogP contribution in [0.15, 0.2) is 22.2 Å². The molecule has 0 fully saturated rings. The zero-order valence-corrected chi connectivity index (χ0v) is 19.3. The van der Waals surface area contributed by atoms with Crippen LogP contribution in [0.3, 0.4) is 0 Å². The lowest BCUT2D eigenvalue weighted by atomic mass is 9.95. The molecule has 0 saturated carbocycles. The lowest BCUT2D eigenvalue weighted by Gasteiger charge is -2.19. The lowest BCUT2D eigenvalue weighted by Crippen LogP contribution is -2.24. The largest absolute Gasteiger partial charge is 0.383 e. The van der Waals surface area contributed by atoms with Crippen molar-refractivity contribution in [2.24, 2.45) is 10.1 Å². The summed E-state index contributed by atoms with van der Waals surface area (Å²) < 4.78 is 30.8. The standard InChI is InChI=1S/C22H29N5O4S/c1-26(8-9-31-2)13-17-11-21(32(23,29)30)25-27(17)12-16-6-7-19-20(16)10-15-4-3-5-18(15)22(19)24-14-28/h10-11,16H,3-9,12-13H2,1-2H3,(H2,23,29,30). The van der Waals surface area contributed by atoms with Crippen LogP contribution in [0.4, 0.5) is 5.69 Å². The summed E-state index contributed by atoms with van der Waals surface area (Å²) in [5, 5.41) is 9.59. The Balaban J connectivity index is 1.66. The molecule has 0 amide bonds. The van der Waals surface area contributed by atoms with Crippen LogP contribution < -0.4 is 5.14 Å². The van der Waals surface area contributed by atoms with E-state index in [0.717, 1.165) is 49.0 Å². The topological polar surface area (TPSA) is 120 Å². The smallest absolute Gasteiger partial charge is 0.257 e. The molecular formula is C22H29N5O4S. The van der Waals surface area contributed by atoms with E-state index in [1.54, 1.807) is 23.9 Å². The van der Waals surface area contributed by atoms with E-state index < -0.39 is 10.0 Å². The highest BCUT2D eigenvalue weighted by atomic mass is 32.2. The van der Waals surface area contributed by atoms with Gasteiger partial charge in [0.2, 0.25) is 6.08 Å². The quantitative estimate of drug-likeness (QED) is 0.451. The number of methoxy groups -OCH3 is 1. The molecule has 1 unspecified atom stereocenters. The average molecular weight is 460 g/mol. The predicted octanol–water partition coefficient (Wildman–Crippen LogP) is 1.79. The number of aryl methyl sites for hydroxylation is 1. The monoisotopic (exact) mass is 459 g/mol.